The summed E-state index contributed by atoms with van der Waals surface area (Å²) >= 11 is 3.44. The Morgan fingerprint density at radius 2 is 2.00 bits per heavy atom. The van der Waals surface area contributed by atoms with Crippen LogP contribution in [-0.2, 0) is 6.54 Å². The minimum atomic E-state index is 0.298. The molecule has 4 heteroatoms. The fraction of sp³-hybridized carbons (Fsp3) is 0.267. The van der Waals surface area contributed by atoms with E-state index in [0.29, 0.717) is 11.9 Å². The van der Waals surface area contributed by atoms with E-state index >= 15 is 0 Å². The van der Waals surface area contributed by atoms with Crippen molar-refractivity contribution in [2.45, 2.75) is 19.5 Å². The van der Waals surface area contributed by atoms with Gasteiger partial charge in [0.1, 0.15) is 0 Å². The average molecular weight is 321 g/mol. The van der Waals surface area contributed by atoms with Crippen LogP contribution in [0.4, 0.5) is 0 Å². The van der Waals surface area contributed by atoms with Crippen LogP contribution in [0.25, 0.3) is 0 Å². The molecule has 0 aliphatic heterocycles. The third-order valence-electron chi connectivity index (χ3n) is 2.99. The standard InChI is InChI=1S/C15H17BrN2O/c1-11(13-3-5-14(16)6-4-13)18-10-12-7-8-17-15(9-12)19-2/h3-9,11,18H,10H2,1-2H3. The van der Waals surface area contributed by atoms with E-state index in [-0.39, 0.29) is 0 Å². The fourth-order valence-electron chi connectivity index (χ4n) is 1.81. The molecule has 19 heavy (non-hydrogen) atoms. The molecule has 0 fully saturated rings. The smallest absolute Gasteiger partial charge is 0.213 e. The quantitative estimate of drug-likeness (QED) is 0.912. The Balaban J connectivity index is 1.96. The molecule has 1 unspecified atom stereocenters. The number of nitrogens with zero attached hydrogens (tertiary/aromatic N) is 1. The zero-order valence-electron chi connectivity index (χ0n) is 11.1. The van der Waals surface area contributed by atoms with E-state index in [1.807, 2.05) is 12.1 Å². The zero-order chi connectivity index (χ0) is 13.7. The summed E-state index contributed by atoms with van der Waals surface area (Å²) in [5, 5.41) is 3.49. The second-order valence-corrected chi connectivity index (χ2v) is 5.28. The Morgan fingerprint density at radius 1 is 1.26 bits per heavy atom. The molecule has 0 amide bonds. The van der Waals surface area contributed by atoms with Gasteiger partial charge in [0.2, 0.25) is 5.88 Å². The second kappa shape index (κ2) is 6.68. The highest BCUT2D eigenvalue weighted by atomic mass is 79.9. The van der Waals surface area contributed by atoms with Crippen molar-refractivity contribution in [1.29, 1.82) is 0 Å². The molecule has 0 aliphatic rings. The van der Waals surface area contributed by atoms with E-state index in [9.17, 15) is 0 Å². The van der Waals surface area contributed by atoms with Gasteiger partial charge in [0.05, 0.1) is 7.11 Å². The van der Waals surface area contributed by atoms with Crippen molar-refractivity contribution in [1.82, 2.24) is 10.3 Å². The van der Waals surface area contributed by atoms with Crippen LogP contribution in [0.2, 0.25) is 0 Å². The average Bonchev–Trinajstić information content (AvgIpc) is 2.46. The number of pyridine rings is 1. The molecule has 0 radical (unpaired) electrons. The Hall–Kier alpha value is -1.39. The third kappa shape index (κ3) is 4.04. The molecular weight excluding hydrogens is 304 g/mol. The van der Waals surface area contributed by atoms with Crippen LogP contribution in [0.3, 0.4) is 0 Å². The molecule has 100 valence electrons. The van der Waals surface area contributed by atoms with Gasteiger partial charge in [-0.15, -0.1) is 0 Å². The van der Waals surface area contributed by atoms with Gasteiger partial charge in [-0.25, -0.2) is 4.98 Å². The van der Waals surface area contributed by atoms with Gasteiger partial charge in [-0.2, -0.15) is 0 Å². The maximum Gasteiger partial charge on any atom is 0.213 e. The predicted molar refractivity (Wildman–Crippen MR) is 80.2 cm³/mol. The van der Waals surface area contributed by atoms with E-state index in [0.717, 1.165) is 16.6 Å². The van der Waals surface area contributed by atoms with Crippen LogP contribution in [0, 0.1) is 0 Å². The van der Waals surface area contributed by atoms with Crippen LogP contribution in [0.1, 0.15) is 24.1 Å². The van der Waals surface area contributed by atoms with Gasteiger partial charge < -0.3 is 10.1 Å². The molecule has 0 saturated heterocycles. The number of rotatable bonds is 5. The lowest BCUT2D eigenvalue weighted by atomic mass is 10.1. The van der Waals surface area contributed by atoms with E-state index in [4.69, 9.17) is 4.74 Å². The lowest BCUT2D eigenvalue weighted by molar-refractivity contribution is 0.397. The topological polar surface area (TPSA) is 34.1 Å². The summed E-state index contributed by atoms with van der Waals surface area (Å²) in [7, 11) is 1.63. The summed E-state index contributed by atoms with van der Waals surface area (Å²) in [6.45, 7) is 2.94. The first-order valence-electron chi connectivity index (χ1n) is 6.17. The van der Waals surface area contributed by atoms with Gasteiger partial charge >= 0.3 is 0 Å². The number of hydrogen-bond acceptors (Lipinski definition) is 3. The molecule has 3 nitrogen and oxygen atoms in total. The molecule has 1 atom stereocenters. The van der Waals surface area contributed by atoms with Crippen molar-refractivity contribution < 1.29 is 4.74 Å². The van der Waals surface area contributed by atoms with Gasteiger partial charge in [0.25, 0.3) is 0 Å². The van der Waals surface area contributed by atoms with Crippen molar-refractivity contribution in [2.75, 3.05) is 7.11 Å². The molecule has 1 heterocycles. The third-order valence-corrected chi connectivity index (χ3v) is 3.52. The first-order chi connectivity index (χ1) is 9.19. The zero-order valence-corrected chi connectivity index (χ0v) is 12.6. The highest BCUT2D eigenvalue weighted by Gasteiger charge is 2.05. The van der Waals surface area contributed by atoms with Gasteiger partial charge in [0.15, 0.2) is 0 Å². The number of methoxy groups -OCH3 is 1. The summed E-state index contributed by atoms with van der Waals surface area (Å²) in [5.74, 6) is 0.649. The van der Waals surface area contributed by atoms with Crippen LogP contribution >= 0.6 is 15.9 Å². The molecule has 2 rings (SSSR count). The maximum atomic E-state index is 5.12. The Labute approximate surface area is 122 Å². The highest BCUT2D eigenvalue weighted by Crippen LogP contribution is 2.17. The summed E-state index contributed by atoms with van der Waals surface area (Å²) in [6.07, 6.45) is 1.76. The fourth-order valence-corrected chi connectivity index (χ4v) is 2.08. The second-order valence-electron chi connectivity index (χ2n) is 4.36. The van der Waals surface area contributed by atoms with Gasteiger partial charge in [-0.3, -0.25) is 0 Å². The number of aromatic nitrogens is 1. The Bertz CT molecular complexity index is 528. The van der Waals surface area contributed by atoms with E-state index < -0.39 is 0 Å². The van der Waals surface area contributed by atoms with Gasteiger partial charge in [0, 0.05) is 29.3 Å². The molecular formula is C15H17BrN2O. The van der Waals surface area contributed by atoms with E-state index in [1.165, 1.54) is 5.56 Å². The molecule has 0 saturated carbocycles. The van der Waals surface area contributed by atoms with Crippen LogP contribution < -0.4 is 10.1 Å². The number of hydrogen-bond donors (Lipinski definition) is 1. The van der Waals surface area contributed by atoms with E-state index in [2.05, 4.69) is 57.4 Å². The first-order valence-corrected chi connectivity index (χ1v) is 6.96. The Kier molecular flexibility index (Phi) is 4.93. The number of benzene rings is 1. The van der Waals surface area contributed by atoms with Crippen LogP contribution in [0.15, 0.2) is 47.1 Å². The first kappa shape index (κ1) is 14.0. The molecule has 0 spiro atoms. The van der Waals surface area contributed by atoms with Crippen molar-refractivity contribution >= 4 is 15.9 Å². The molecule has 0 aliphatic carbocycles. The maximum absolute atomic E-state index is 5.12. The Morgan fingerprint density at radius 3 is 2.68 bits per heavy atom. The van der Waals surface area contributed by atoms with Crippen LogP contribution in [-0.4, -0.2) is 12.1 Å². The van der Waals surface area contributed by atoms with Gasteiger partial charge in [-0.05, 0) is 36.2 Å². The normalized spacial score (nSPS) is 12.2. The minimum absolute atomic E-state index is 0.298. The van der Waals surface area contributed by atoms with Crippen molar-refractivity contribution in [3.8, 4) is 5.88 Å². The van der Waals surface area contributed by atoms with E-state index in [1.54, 1.807) is 13.3 Å². The van der Waals surface area contributed by atoms with Crippen LogP contribution in [0.5, 0.6) is 5.88 Å². The molecule has 1 N–H and O–H groups in total. The molecule has 0 bridgehead atoms. The number of halogens is 1. The lowest BCUT2D eigenvalue weighted by Gasteiger charge is -2.14. The van der Waals surface area contributed by atoms with Crippen molar-refractivity contribution in [2.24, 2.45) is 0 Å². The summed E-state index contributed by atoms with van der Waals surface area (Å²) in [5.41, 5.74) is 2.43. The largest absolute Gasteiger partial charge is 0.481 e. The summed E-state index contributed by atoms with van der Waals surface area (Å²) < 4.78 is 6.21. The summed E-state index contributed by atoms with van der Waals surface area (Å²) in [4.78, 5) is 4.10. The number of ether oxygens (including phenoxy) is 1. The van der Waals surface area contributed by atoms with Gasteiger partial charge in [-0.1, -0.05) is 28.1 Å². The molecule has 1 aromatic heterocycles. The molecule has 1 aromatic carbocycles. The SMILES string of the molecule is COc1cc(CNC(C)c2ccc(Br)cc2)ccn1. The predicted octanol–water partition coefficient (Wildman–Crippen LogP) is 3.70. The lowest BCUT2D eigenvalue weighted by Crippen LogP contribution is -2.18. The van der Waals surface area contributed by atoms with Crippen molar-refractivity contribution in [3.63, 3.8) is 0 Å². The monoisotopic (exact) mass is 320 g/mol. The molecule has 2 aromatic rings. The number of nitrogens with one attached hydrogen (secondary N) is 1. The highest BCUT2D eigenvalue weighted by molar-refractivity contribution is 9.10. The summed E-state index contributed by atoms with van der Waals surface area (Å²) in [6, 6.07) is 12.6. The van der Waals surface area contributed by atoms with Crippen molar-refractivity contribution in [3.05, 3.63) is 58.2 Å². The minimum Gasteiger partial charge on any atom is -0.481 e.